The zero-order valence-corrected chi connectivity index (χ0v) is 9.39. The van der Waals surface area contributed by atoms with Gasteiger partial charge in [0, 0.05) is 11.6 Å². The summed E-state index contributed by atoms with van der Waals surface area (Å²) >= 11 is 0. The molecular formula is C11H15ClFNO. The molecule has 0 radical (unpaired) electrons. The Labute approximate surface area is 95.3 Å². The minimum atomic E-state index is -0.305. The summed E-state index contributed by atoms with van der Waals surface area (Å²) in [6.45, 7) is 3.59. The number of rotatable bonds is 4. The van der Waals surface area contributed by atoms with Crippen LogP contribution in [0, 0.1) is 5.82 Å². The first-order valence-corrected chi connectivity index (χ1v) is 4.39. The number of hydrogen-bond acceptors (Lipinski definition) is 2. The highest BCUT2D eigenvalue weighted by atomic mass is 35.5. The van der Waals surface area contributed by atoms with Crippen LogP contribution in [0.1, 0.15) is 18.0 Å². The molecule has 0 aliphatic carbocycles. The average Bonchev–Trinajstić information content (AvgIpc) is 2.18. The van der Waals surface area contributed by atoms with Gasteiger partial charge in [0.15, 0.2) is 0 Å². The molecule has 0 amide bonds. The van der Waals surface area contributed by atoms with Crippen LogP contribution in [0.4, 0.5) is 4.39 Å². The third-order valence-corrected chi connectivity index (χ3v) is 2.01. The Morgan fingerprint density at radius 1 is 1.60 bits per heavy atom. The van der Waals surface area contributed by atoms with Crippen molar-refractivity contribution in [1.29, 1.82) is 0 Å². The van der Waals surface area contributed by atoms with Crippen molar-refractivity contribution >= 4 is 12.4 Å². The molecule has 4 heteroatoms. The monoisotopic (exact) mass is 231 g/mol. The molecule has 0 spiro atoms. The normalized spacial score (nSPS) is 11.4. The van der Waals surface area contributed by atoms with Crippen molar-refractivity contribution in [3.63, 3.8) is 0 Å². The lowest BCUT2D eigenvalue weighted by Gasteiger charge is -2.13. The lowest BCUT2D eigenvalue weighted by atomic mass is 10.0. The molecule has 0 fully saturated rings. The number of nitrogens with two attached hydrogens (primary N) is 1. The van der Waals surface area contributed by atoms with Gasteiger partial charge in [0.25, 0.3) is 0 Å². The molecule has 0 aliphatic rings. The lowest BCUT2D eigenvalue weighted by molar-refractivity contribution is 0.404. The first kappa shape index (κ1) is 13.9. The second-order valence-electron chi connectivity index (χ2n) is 3.02. The first-order valence-electron chi connectivity index (χ1n) is 4.39. The summed E-state index contributed by atoms with van der Waals surface area (Å²) in [5, 5.41) is 0. The predicted octanol–water partition coefficient (Wildman–Crippen LogP) is 2.83. The SMILES string of the molecule is C=CCC(N)c1cc(F)ccc1OC.Cl. The molecular weight excluding hydrogens is 217 g/mol. The summed E-state index contributed by atoms with van der Waals surface area (Å²) in [5.74, 6) is 0.307. The Morgan fingerprint density at radius 3 is 2.80 bits per heavy atom. The van der Waals surface area contributed by atoms with E-state index in [4.69, 9.17) is 10.5 Å². The van der Waals surface area contributed by atoms with Crippen molar-refractivity contribution in [1.82, 2.24) is 0 Å². The average molecular weight is 232 g/mol. The van der Waals surface area contributed by atoms with E-state index in [1.54, 1.807) is 12.1 Å². The first-order chi connectivity index (χ1) is 6.69. The minimum absolute atomic E-state index is 0. The smallest absolute Gasteiger partial charge is 0.123 e. The number of hydrogen-bond donors (Lipinski definition) is 1. The number of halogens is 2. The Bertz CT molecular complexity index is 330. The summed E-state index contributed by atoms with van der Waals surface area (Å²) < 4.78 is 18.0. The van der Waals surface area contributed by atoms with Crippen molar-refractivity contribution in [2.75, 3.05) is 7.11 Å². The predicted molar refractivity (Wildman–Crippen MR) is 61.9 cm³/mol. The van der Waals surface area contributed by atoms with Crippen molar-refractivity contribution in [3.05, 3.63) is 42.2 Å². The van der Waals surface area contributed by atoms with Crippen molar-refractivity contribution in [2.45, 2.75) is 12.5 Å². The second kappa shape index (κ2) is 6.43. The van der Waals surface area contributed by atoms with Crippen molar-refractivity contribution in [3.8, 4) is 5.75 Å². The molecule has 84 valence electrons. The van der Waals surface area contributed by atoms with E-state index in [-0.39, 0.29) is 24.3 Å². The largest absolute Gasteiger partial charge is 0.496 e. The van der Waals surface area contributed by atoms with Gasteiger partial charge in [0.1, 0.15) is 11.6 Å². The van der Waals surface area contributed by atoms with E-state index in [0.29, 0.717) is 17.7 Å². The minimum Gasteiger partial charge on any atom is -0.496 e. The van der Waals surface area contributed by atoms with Gasteiger partial charge in [-0.1, -0.05) is 6.08 Å². The fourth-order valence-corrected chi connectivity index (χ4v) is 1.30. The standard InChI is InChI=1S/C11H14FNO.ClH/c1-3-4-10(13)9-7-8(12)5-6-11(9)14-2;/h3,5-7,10H,1,4,13H2,2H3;1H. The second-order valence-corrected chi connectivity index (χ2v) is 3.02. The van der Waals surface area contributed by atoms with Crippen molar-refractivity contribution < 1.29 is 9.13 Å². The van der Waals surface area contributed by atoms with E-state index in [1.807, 2.05) is 0 Å². The van der Waals surface area contributed by atoms with Crippen LogP contribution in [-0.4, -0.2) is 7.11 Å². The Kier molecular flexibility index (Phi) is 5.97. The molecule has 0 aromatic heterocycles. The molecule has 0 bridgehead atoms. The van der Waals surface area contributed by atoms with Gasteiger partial charge < -0.3 is 10.5 Å². The van der Waals surface area contributed by atoms with E-state index in [0.717, 1.165) is 0 Å². The van der Waals surface area contributed by atoms with Gasteiger partial charge >= 0.3 is 0 Å². The van der Waals surface area contributed by atoms with Crippen LogP contribution >= 0.6 is 12.4 Å². The summed E-state index contributed by atoms with van der Waals surface area (Å²) in [7, 11) is 1.54. The van der Waals surface area contributed by atoms with E-state index in [9.17, 15) is 4.39 Å². The highest BCUT2D eigenvalue weighted by Gasteiger charge is 2.11. The Morgan fingerprint density at radius 2 is 2.27 bits per heavy atom. The van der Waals surface area contributed by atoms with Crippen molar-refractivity contribution in [2.24, 2.45) is 5.73 Å². The molecule has 1 aromatic carbocycles. The molecule has 2 N–H and O–H groups in total. The molecule has 2 nitrogen and oxygen atoms in total. The Balaban J connectivity index is 0.00000196. The van der Waals surface area contributed by atoms with Crippen LogP contribution in [0.3, 0.4) is 0 Å². The van der Waals surface area contributed by atoms with E-state index >= 15 is 0 Å². The van der Waals surface area contributed by atoms with Gasteiger partial charge in [0.05, 0.1) is 7.11 Å². The number of benzene rings is 1. The van der Waals surface area contributed by atoms with E-state index < -0.39 is 0 Å². The Hall–Kier alpha value is -1.06. The molecule has 0 saturated carbocycles. The van der Waals surface area contributed by atoms with Crippen LogP contribution in [0.2, 0.25) is 0 Å². The molecule has 1 aromatic rings. The molecule has 15 heavy (non-hydrogen) atoms. The molecule has 1 atom stereocenters. The molecule has 1 rings (SSSR count). The topological polar surface area (TPSA) is 35.2 Å². The quantitative estimate of drug-likeness (QED) is 0.809. The number of methoxy groups -OCH3 is 1. The molecule has 0 saturated heterocycles. The van der Waals surface area contributed by atoms with E-state index in [2.05, 4.69) is 6.58 Å². The molecule has 1 unspecified atom stereocenters. The van der Waals surface area contributed by atoms with Crippen LogP contribution < -0.4 is 10.5 Å². The van der Waals surface area contributed by atoms with Gasteiger partial charge in [0.2, 0.25) is 0 Å². The van der Waals surface area contributed by atoms with E-state index in [1.165, 1.54) is 19.2 Å². The van der Waals surface area contributed by atoms with Crippen LogP contribution in [0.5, 0.6) is 5.75 Å². The summed E-state index contributed by atoms with van der Waals surface area (Å²) in [4.78, 5) is 0. The van der Waals surface area contributed by atoms with Gasteiger partial charge in [-0.15, -0.1) is 19.0 Å². The maximum absolute atomic E-state index is 12.9. The van der Waals surface area contributed by atoms with Gasteiger partial charge in [-0.25, -0.2) is 4.39 Å². The number of ether oxygens (including phenoxy) is 1. The third kappa shape index (κ3) is 3.53. The molecule has 0 heterocycles. The fourth-order valence-electron chi connectivity index (χ4n) is 1.30. The van der Waals surface area contributed by atoms with Crippen LogP contribution in [0.15, 0.2) is 30.9 Å². The van der Waals surface area contributed by atoms with Gasteiger partial charge in [-0.3, -0.25) is 0 Å². The van der Waals surface area contributed by atoms with Gasteiger partial charge in [-0.2, -0.15) is 0 Å². The van der Waals surface area contributed by atoms with Crippen LogP contribution in [-0.2, 0) is 0 Å². The van der Waals surface area contributed by atoms with Gasteiger partial charge in [-0.05, 0) is 24.6 Å². The highest BCUT2D eigenvalue weighted by molar-refractivity contribution is 5.85. The summed E-state index contributed by atoms with van der Waals surface area (Å²) in [6.07, 6.45) is 2.30. The lowest BCUT2D eigenvalue weighted by Crippen LogP contribution is -2.10. The maximum Gasteiger partial charge on any atom is 0.123 e. The maximum atomic E-state index is 12.9. The van der Waals surface area contributed by atoms with Crippen LogP contribution in [0.25, 0.3) is 0 Å². The zero-order valence-electron chi connectivity index (χ0n) is 8.57. The fraction of sp³-hybridized carbons (Fsp3) is 0.273. The third-order valence-electron chi connectivity index (χ3n) is 2.01. The summed E-state index contributed by atoms with van der Waals surface area (Å²) in [5.41, 5.74) is 6.51. The molecule has 0 aliphatic heterocycles. The highest BCUT2D eigenvalue weighted by Crippen LogP contribution is 2.26. The zero-order chi connectivity index (χ0) is 10.6. The summed E-state index contributed by atoms with van der Waals surface area (Å²) in [6, 6.07) is 4.06.